The van der Waals surface area contributed by atoms with Gasteiger partial charge in [-0.1, -0.05) is 224 Å². The fourth-order valence-corrected chi connectivity index (χ4v) is 14.3. The lowest BCUT2D eigenvalue weighted by Gasteiger charge is -2.40. The summed E-state index contributed by atoms with van der Waals surface area (Å²) < 4.78 is 0. The van der Waals surface area contributed by atoms with Crippen LogP contribution in [0.25, 0.3) is 27.8 Å². The Morgan fingerprint density at radius 3 is 1.76 bits per heavy atom. The quantitative estimate of drug-likeness (QED) is 0.0588. The first-order valence-electron chi connectivity index (χ1n) is 29.9. The van der Waals surface area contributed by atoms with Gasteiger partial charge < -0.3 is 5.32 Å². The summed E-state index contributed by atoms with van der Waals surface area (Å²) in [5.74, 6) is 0.528. The van der Waals surface area contributed by atoms with Gasteiger partial charge in [-0.2, -0.15) is 0 Å². The molecule has 9 rings (SSSR count). The highest BCUT2D eigenvalue weighted by molar-refractivity contribution is 5.89. The summed E-state index contributed by atoms with van der Waals surface area (Å²) in [5, 5.41) is 4.03. The zero-order chi connectivity index (χ0) is 49.4. The van der Waals surface area contributed by atoms with E-state index in [1.165, 1.54) is 199 Å². The molecule has 4 aromatic carbocycles. The van der Waals surface area contributed by atoms with Gasteiger partial charge in [0.1, 0.15) is 0 Å². The Morgan fingerprint density at radius 1 is 0.535 bits per heavy atom. The molecule has 0 aromatic heterocycles. The second-order valence-corrected chi connectivity index (χ2v) is 23.6. The first-order valence-corrected chi connectivity index (χ1v) is 29.9. The summed E-state index contributed by atoms with van der Waals surface area (Å²) in [6.45, 7) is 16.8. The molecule has 1 atom stereocenters. The average molecular weight is 949 g/mol. The molecule has 0 radical (unpaired) electrons. The number of hydrogen-bond donors (Lipinski definition) is 1. The van der Waals surface area contributed by atoms with Crippen LogP contribution in [0.5, 0.6) is 0 Å². The van der Waals surface area contributed by atoms with Crippen LogP contribution in [-0.2, 0) is 29.1 Å². The largest absolute Gasteiger partial charge is 0.359 e. The number of aryl methyl sites for hydroxylation is 2. The maximum Gasteiger partial charge on any atom is 0.0385 e. The van der Waals surface area contributed by atoms with Crippen LogP contribution < -0.4 is 5.32 Å². The van der Waals surface area contributed by atoms with Crippen LogP contribution >= 0.6 is 0 Å². The van der Waals surface area contributed by atoms with Crippen molar-refractivity contribution < 1.29 is 0 Å². The van der Waals surface area contributed by atoms with E-state index in [4.69, 9.17) is 0 Å². The summed E-state index contributed by atoms with van der Waals surface area (Å²) in [6.07, 6.45) is 44.4. The van der Waals surface area contributed by atoms with Crippen LogP contribution in [-0.4, -0.2) is 0 Å². The van der Waals surface area contributed by atoms with Gasteiger partial charge in [0.15, 0.2) is 0 Å². The molecule has 1 N–H and O–H groups in total. The van der Waals surface area contributed by atoms with Crippen molar-refractivity contribution >= 4 is 22.4 Å². The molecule has 0 bridgehead atoms. The number of benzene rings is 4. The van der Waals surface area contributed by atoms with E-state index in [0.29, 0.717) is 5.92 Å². The van der Waals surface area contributed by atoms with Gasteiger partial charge in [0.05, 0.1) is 0 Å². The van der Waals surface area contributed by atoms with Crippen molar-refractivity contribution in [1.82, 2.24) is 0 Å². The molecule has 0 saturated heterocycles. The lowest BCUT2D eigenvalue weighted by molar-refractivity contribution is 0.275. The Bertz CT molecular complexity index is 2580. The molecule has 0 aliphatic heterocycles. The van der Waals surface area contributed by atoms with E-state index in [9.17, 15) is 0 Å². The first kappa shape index (κ1) is 51.5. The average Bonchev–Trinajstić information content (AvgIpc) is 3.81. The van der Waals surface area contributed by atoms with Crippen LogP contribution in [0.3, 0.4) is 0 Å². The fraction of sp³-hybridized carbons (Fsp3) is 0.543. The SMILES string of the molecule is CCCCCCC1(CCCCCC)c2cc(NC3=CC(c4ccc5c(c4)CC5)=CCC3)ccc2-c2ccc(C3=CC=C4c5ccc(C(C)(CC)CC)cc5C(CCCCCC)(CCCCCC)C4C3)cc21. The monoisotopic (exact) mass is 948 g/mol. The van der Waals surface area contributed by atoms with Gasteiger partial charge in [-0.3, -0.25) is 0 Å². The van der Waals surface area contributed by atoms with Crippen molar-refractivity contribution in [3.8, 4) is 11.1 Å². The van der Waals surface area contributed by atoms with Crippen LogP contribution in [0.15, 0.2) is 103 Å². The van der Waals surface area contributed by atoms with E-state index < -0.39 is 0 Å². The third-order valence-corrected chi connectivity index (χ3v) is 19.3. The number of fused-ring (bicyclic) bond motifs is 7. The number of anilines is 1. The molecule has 0 fully saturated rings. The zero-order valence-corrected chi connectivity index (χ0v) is 45.9. The van der Waals surface area contributed by atoms with Gasteiger partial charge in [-0.25, -0.2) is 0 Å². The van der Waals surface area contributed by atoms with Crippen molar-refractivity contribution in [1.29, 1.82) is 0 Å². The lowest BCUT2D eigenvalue weighted by Crippen LogP contribution is -2.33. The predicted molar refractivity (Wildman–Crippen MR) is 311 cm³/mol. The summed E-state index contributed by atoms with van der Waals surface area (Å²) >= 11 is 0. The van der Waals surface area contributed by atoms with Crippen molar-refractivity contribution in [3.05, 3.63) is 153 Å². The molecule has 1 heteroatoms. The van der Waals surface area contributed by atoms with Gasteiger partial charge in [0, 0.05) is 22.2 Å². The number of unbranched alkanes of at least 4 members (excludes halogenated alkanes) is 12. The molecule has 0 amide bonds. The summed E-state index contributed by atoms with van der Waals surface area (Å²) in [5.41, 5.74) is 24.6. The minimum atomic E-state index is 0.0154. The topological polar surface area (TPSA) is 12.0 Å². The first-order chi connectivity index (χ1) is 34.7. The molecule has 0 heterocycles. The fourth-order valence-electron chi connectivity index (χ4n) is 14.3. The van der Waals surface area contributed by atoms with Gasteiger partial charge in [-0.15, -0.1) is 0 Å². The Balaban J connectivity index is 1.09. The summed E-state index contributed by atoms with van der Waals surface area (Å²) in [7, 11) is 0. The normalized spacial score (nSPS) is 18.0. The van der Waals surface area contributed by atoms with Gasteiger partial charge >= 0.3 is 0 Å². The Hall–Kier alpha value is -4.36. The molecule has 71 heavy (non-hydrogen) atoms. The van der Waals surface area contributed by atoms with E-state index in [-0.39, 0.29) is 16.2 Å². The number of hydrogen-bond acceptors (Lipinski definition) is 1. The van der Waals surface area contributed by atoms with Crippen molar-refractivity contribution in [2.45, 2.75) is 238 Å². The Morgan fingerprint density at radius 2 is 1.14 bits per heavy atom. The van der Waals surface area contributed by atoms with Gasteiger partial charge in [-0.05, 0) is 184 Å². The van der Waals surface area contributed by atoms with E-state index in [1.54, 1.807) is 44.5 Å². The Labute approximate surface area is 433 Å². The molecule has 5 aliphatic rings. The molecular weight excluding hydrogens is 855 g/mol. The second kappa shape index (κ2) is 23.2. The third-order valence-electron chi connectivity index (χ3n) is 19.3. The molecule has 0 spiro atoms. The standard InChI is InChI=1S/C70H93N/c1-8-14-18-22-41-69(42-23-19-15-9-2)64-47-55(33-37-60(64)62-39-35-57(49-66(62)69)68(7,12-5)13-6)56-34-38-61-63-40-36-59(71-58-28-26-27-52(46-58)54-32-30-51-29-31-53(51)45-54)50-67(63)70(65(61)48-56,43-24-20-16-10-3)44-25-21-17-11-4/h27,30,32-40,45-46,48-50,64,71H,8-26,28-29,31,41-44,47H2,1-7H3. The van der Waals surface area contributed by atoms with Crippen molar-refractivity contribution in [2.75, 3.05) is 5.32 Å². The highest BCUT2D eigenvalue weighted by Crippen LogP contribution is 2.61. The molecular formula is C70H93N. The highest BCUT2D eigenvalue weighted by atomic mass is 14.9. The molecule has 5 aliphatic carbocycles. The molecule has 4 aromatic rings. The van der Waals surface area contributed by atoms with Crippen LogP contribution in [0.1, 0.15) is 259 Å². The number of rotatable bonds is 27. The van der Waals surface area contributed by atoms with Crippen LogP contribution in [0, 0.1) is 5.92 Å². The molecule has 0 saturated carbocycles. The lowest BCUT2D eigenvalue weighted by atomic mass is 9.63. The zero-order valence-electron chi connectivity index (χ0n) is 45.9. The highest BCUT2D eigenvalue weighted by Gasteiger charge is 2.50. The van der Waals surface area contributed by atoms with Gasteiger partial charge in [0.25, 0.3) is 0 Å². The predicted octanol–water partition coefficient (Wildman–Crippen LogP) is 20.9. The Kier molecular flexibility index (Phi) is 16.9. The van der Waals surface area contributed by atoms with Crippen LogP contribution in [0.4, 0.5) is 5.69 Å². The summed E-state index contributed by atoms with van der Waals surface area (Å²) in [6, 6.07) is 30.4. The summed E-state index contributed by atoms with van der Waals surface area (Å²) in [4.78, 5) is 0. The van der Waals surface area contributed by atoms with E-state index >= 15 is 0 Å². The minimum Gasteiger partial charge on any atom is -0.359 e. The molecule has 1 nitrogen and oxygen atoms in total. The van der Waals surface area contributed by atoms with Crippen molar-refractivity contribution in [3.63, 3.8) is 0 Å². The number of allylic oxidation sites excluding steroid dienone is 8. The smallest absolute Gasteiger partial charge is 0.0385 e. The van der Waals surface area contributed by atoms with E-state index in [0.717, 1.165) is 19.3 Å². The molecule has 378 valence electrons. The maximum absolute atomic E-state index is 4.03. The van der Waals surface area contributed by atoms with E-state index in [1.807, 2.05) is 0 Å². The maximum atomic E-state index is 4.03. The second-order valence-electron chi connectivity index (χ2n) is 23.6. The van der Waals surface area contributed by atoms with Crippen molar-refractivity contribution in [2.24, 2.45) is 5.92 Å². The number of nitrogens with one attached hydrogen (secondary N) is 1. The third kappa shape index (κ3) is 10.4. The van der Waals surface area contributed by atoms with Crippen LogP contribution in [0.2, 0.25) is 0 Å². The molecule has 1 unspecified atom stereocenters. The van der Waals surface area contributed by atoms with E-state index in [2.05, 4.69) is 151 Å². The van der Waals surface area contributed by atoms with Gasteiger partial charge in [0.2, 0.25) is 0 Å². The minimum absolute atomic E-state index is 0.0154.